The molecule has 0 amide bonds. The molecule has 3 atom stereocenters. The van der Waals surface area contributed by atoms with Crippen molar-refractivity contribution in [2.45, 2.75) is 45.4 Å². The highest BCUT2D eigenvalue weighted by molar-refractivity contribution is 14.0. The first-order valence-corrected chi connectivity index (χ1v) is 11.6. The minimum Gasteiger partial charge on any atom is -0.390 e. The molecule has 2 aliphatic heterocycles. The minimum atomic E-state index is -0.466. The number of rotatable bonds is 6. The van der Waals surface area contributed by atoms with Crippen LogP contribution in [0.2, 0.25) is 0 Å². The predicted octanol–water partition coefficient (Wildman–Crippen LogP) is 2.77. The Kier molecular flexibility index (Phi) is 9.36. The monoisotopic (exact) mass is 552 g/mol. The van der Waals surface area contributed by atoms with Gasteiger partial charge < -0.3 is 19.9 Å². The standard InChI is InChI=1S/C24H36N6O.HI/c1-3-26-24(29-12-8-19(2)23(17-29)30-13-10-25-18-30)27-14-22(31)16-28-11-9-20-6-4-5-7-21(20)15-28;/h4-7,10,13,18-19,22-23,31H,3,8-9,11-12,14-17H2,1-2H3,(H,26,27);1H. The number of aliphatic imine (C=N–C) groups is 1. The Labute approximate surface area is 208 Å². The number of nitrogens with zero attached hydrogens (tertiary/aromatic N) is 5. The maximum atomic E-state index is 10.7. The Morgan fingerprint density at radius 2 is 2.09 bits per heavy atom. The van der Waals surface area contributed by atoms with Crippen molar-refractivity contribution in [3.8, 4) is 0 Å². The van der Waals surface area contributed by atoms with Crippen molar-refractivity contribution in [1.82, 2.24) is 24.7 Å². The molecule has 1 fully saturated rings. The molecule has 0 aliphatic carbocycles. The lowest BCUT2D eigenvalue weighted by atomic mass is 9.93. The zero-order valence-electron chi connectivity index (χ0n) is 19.2. The van der Waals surface area contributed by atoms with Gasteiger partial charge in [-0.15, -0.1) is 24.0 Å². The largest absolute Gasteiger partial charge is 0.390 e. The van der Waals surface area contributed by atoms with Gasteiger partial charge in [0.1, 0.15) is 0 Å². The highest BCUT2D eigenvalue weighted by Gasteiger charge is 2.29. The number of aliphatic hydroxyl groups is 1. The smallest absolute Gasteiger partial charge is 0.194 e. The summed E-state index contributed by atoms with van der Waals surface area (Å²) in [7, 11) is 0. The first-order chi connectivity index (χ1) is 15.1. The molecule has 8 heteroatoms. The van der Waals surface area contributed by atoms with Gasteiger partial charge in [0.05, 0.1) is 25.0 Å². The predicted molar refractivity (Wildman–Crippen MR) is 139 cm³/mol. The van der Waals surface area contributed by atoms with E-state index in [2.05, 4.69) is 69.0 Å². The van der Waals surface area contributed by atoms with Crippen LogP contribution in [0.1, 0.15) is 37.4 Å². The van der Waals surface area contributed by atoms with Crippen LogP contribution in [-0.4, -0.2) is 75.8 Å². The number of likely N-dealkylation sites (tertiary alicyclic amines) is 1. The van der Waals surface area contributed by atoms with Crippen LogP contribution in [0, 0.1) is 5.92 Å². The van der Waals surface area contributed by atoms with Crippen molar-refractivity contribution in [3.05, 3.63) is 54.1 Å². The summed E-state index contributed by atoms with van der Waals surface area (Å²) < 4.78 is 2.21. The molecule has 176 valence electrons. The van der Waals surface area contributed by atoms with Gasteiger partial charge >= 0.3 is 0 Å². The number of aromatic nitrogens is 2. The van der Waals surface area contributed by atoms with Crippen molar-refractivity contribution >= 4 is 29.9 Å². The number of guanidine groups is 1. The van der Waals surface area contributed by atoms with Crippen molar-refractivity contribution < 1.29 is 5.11 Å². The molecule has 1 aromatic carbocycles. The Balaban J connectivity index is 0.00000289. The molecule has 7 nitrogen and oxygen atoms in total. The molecule has 3 unspecified atom stereocenters. The topological polar surface area (TPSA) is 68.9 Å². The first kappa shape index (κ1) is 25.0. The second-order valence-electron chi connectivity index (χ2n) is 8.89. The van der Waals surface area contributed by atoms with Gasteiger partial charge in [0.2, 0.25) is 0 Å². The third-order valence-electron chi connectivity index (χ3n) is 6.59. The van der Waals surface area contributed by atoms with Crippen LogP contribution >= 0.6 is 24.0 Å². The fourth-order valence-corrected chi connectivity index (χ4v) is 4.78. The molecule has 0 bridgehead atoms. The lowest BCUT2D eigenvalue weighted by Crippen LogP contribution is -2.49. The van der Waals surface area contributed by atoms with Crippen LogP contribution in [0.3, 0.4) is 0 Å². The maximum Gasteiger partial charge on any atom is 0.194 e. The lowest BCUT2D eigenvalue weighted by molar-refractivity contribution is 0.111. The van der Waals surface area contributed by atoms with Crippen molar-refractivity contribution in [1.29, 1.82) is 0 Å². The number of nitrogens with one attached hydrogen (secondary N) is 1. The molecule has 3 heterocycles. The Morgan fingerprint density at radius 3 is 2.84 bits per heavy atom. The number of fused-ring (bicyclic) bond motifs is 1. The van der Waals surface area contributed by atoms with E-state index in [1.807, 2.05) is 12.5 Å². The molecule has 32 heavy (non-hydrogen) atoms. The van der Waals surface area contributed by atoms with Gasteiger partial charge in [-0.2, -0.15) is 0 Å². The van der Waals surface area contributed by atoms with E-state index in [9.17, 15) is 5.11 Å². The summed E-state index contributed by atoms with van der Waals surface area (Å²) in [6, 6.07) is 9.01. The number of benzene rings is 1. The molecule has 4 rings (SSSR count). The number of β-amino-alcohol motifs (C(OH)–C–C–N with tert-alkyl or cyclic N) is 1. The molecular formula is C24H37IN6O. The van der Waals surface area contributed by atoms with Gasteiger partial charge in [-0.25, -0.2) is 4.98 Å². The number of aliphatic hydroxyl groups excluding tert-OH is 1. The zero-order valence-corrected chi connectivity index (χ0v) is 21.6. The second-order valence-corrected chi connectivity index (χ2v) is 8.89. The third kappa shape index (κ3) is 6.23. The van der Waals surface area contributed by atoms with Crippen molar-refractivity contribution in [2.24, 2.45) is 10.9 Å². The molecular weight excluding hydrogens is 515 g/mol. The van der Waals surface area contributed by atoms with Gasteiger partial charge in [0.15, 0.2) is 5.96 Å². The Hall–Kier alpha value is -1.65. The quantitative estimate of drug-likeness (QED) is 0.328. The van der Waals surface area contributed by atoms with Gasteiger partial charge in [-0.3, -0.25) is 9.89 Å². The van der Waals surface area contributed by atoms with E-state index < -0.39 is 6.10 Å². The second kappa shape index (κ2) is 12.0. The van der Waals surface area contributed by atoms with E-state index in [-0.39, 0.29) is 24.0 Å². The molecule has 1 aromatic heterocycles. The first-order valence-electron chi connectivity index (χ1n) is 11.6. The minimum absolute atomic E-state index is 0. The summed E-state index contributed by atoms with van der Waals surface area (Å²) >= 11 is 0. The van der Waals surface area contributed by atoms with Crippen molar-refractivity contribution in [2.75, 3.05) is 39.3 Å². The molecule has 0 radical (unpaired) electrons. The molecule has 2 aliphatic rings. The summed E-state index contributed by atoms with van der Waals surface area (Å²) in [5.41, 5.74) is 2.82. The summed E-state index contributed by atoms with van der Waals surface area (Å²) in [5, 5.41) is 14.1. The Morgan fingerprint density at radius 1 is 1.28 bits per heavy atom. The number of hydrogen-bond donors (Lipinski definition) is 2. The van der Waals surface area contributed by atoms with Crippen LogP contribution in [0.5, 0.6) is 0 Å². The number of hydrogen-bond acceptors (Lipinski definition) is 4. The summed E-state index contributed by atoms with van der Waals surface area (Å²) in [5.74, 6) is 1.50. The SMILES string of the molecule is CCNC(=NCC(O)CN1CCc2ccccc2C1)N1CCC(C)C(n2ccnc2)C1.I. The molecule has 0 spiro atoms. The van der Waals surface area contributed by atoms with E-state index in [1.54, 1.807) is 0 Å². The number of imidazole rings is 1. The fourth-order valence-electron chi connectivity index (χ4n) is 4.78. The summed E-state index contributed by atoms with van der Waals surface area (Å²) in [6.45, 7) is 10.1. The van der Waals surface area contributed by atoms with Crippen LogP contribution in [0.4, 0.5) is 0 Å². The molecule has 2 N–H and O–H groups in total. The molecule has 2 aromatic rings. The van der Waals surface area contributed by atoms with Crippen LogP contribution in [-0.2, 0) is 13.0 Å². The number of halogens is 1. The highest BCUT2D eigenvalue weighted by atomic mass is 127. The summed E-state index contributed by atoms with van der Waals surface area (Å²) in [4.78, 5) is 13.7. The summed E-state index contributed by atoms with van der Waals surface area (Å²) in [6.07, 6.45) is 7.51. The van der Waals surface area contributed by atoms with E-state index in [0.29, 0.717) is 25.0 Å². The number of piperidine rings is 1. The average molecular weight is 553 g/mol. The van der Waals surface area contributed by atoms with Crippen molar-refractivity contribution in [3.63, 3.8) is 0 Å². The Bertz CT molecular complexity index is 858. The van der Waals surface area contributed by atoms with Gasteiger partial charge in [-0.05, 0) is 36.8 Å². The zero-order chi connectivity index (χ0) is 21.6. The van der Waals surface area contributed by atoms with Crippen LogP contribution in [0.15, 0.2) is 48.0 Å². The van der Waals surface area contributed by atoms with E-state index in [0.717, 1.165) is 51.5 Å². The van der Waals surface area contributed by atoms with E-state index in [4.69, 9.17) is 4.99 Å². The third-order valence-corrected chi connectivity index (χ3v) is 6.59. The van der Waals surface area contributed by atoms with Crippen LogP contribution in [0.25, 0.3) is 0 Å². The van der Waals surface area contributed by atoms with E-state index >= 15 is 0 Å². The maximum absolute atomic E-state index is 10.7. The normalized spacial score (nSPS) is 22.7. The van der Waals surface area contributed by atoms with Gasteiger partial charge in [0.25, 0.3) is 0 Å². The average Bonchev–Trinajstić information content (AvgIpc) is 3.32. The van der Waals surface area contributed by atoms with Gasteiger partial charge in [0, 0.05) is 51.7 Å². The fraction of sp³-hybridized carbons (Fsp3) is 0.583. The highest BCUT2D eigenvalue weighted by Crippen LogP contribution is 2.27. The van der Waals surface area contributed by atoms with Gasteiger partial charge in [-0.1, -0.05) is 31.2 Å². The van der Waals surface area contributed by atoms with Crippen LogP contribution < -0.4 is 5.32 Å². The molecule has 0 saturated carbocycles. The molecule has 1 saturated heterocycles. The van der Waals surface area contributed by atoms with E-state index in [1.165, 1.54) is 11.1 Å². The lowest BCUT2D eigenvalue weighted by Gasteiger charge is -2.39.